The fourth-order valence-electron chi connectivity index (χ4n) is 3.66. The molecule has 2 aromatic rings. The van der Waals surface area contributed by atoms with Crippen LogP contribution in [0, 0.1) is 11.8 Å². The van der Waals surface area contributed by atoms with Crippen LogP contribution in [-0.4, -0.2) is 42.9 Å². The first kappa shape index (κ1) is 21.6. The van der Waals surface area contributed by atoms with Gasteiger partial charge in [0.2, 0.25) is 15.9 Å². The number of aromatic nitrogens is 1. The van der Waals surface area contributed by atoms with Gasteiger partial charge in [0.15, 0.2) is 5.58 Å². The van der Waals surface area contributed by atoms with Gasteiger partial charge in [0.05, 0.1) is 10.4 Å². The van der Waals surface area contributed by atoms with Crippen LogP contribution >= 0.6 is 0 Å². The van der Waals surface area contributed by atoms with E-state index in [1.165, 1.54) is 22.8 Å². The van der Waals surface area contributed by atoms with Crippen molar-refractivity contribution in [2.24, 2.45) is 18.9 Å². The summed E-state index contributed by atoms with van der Waals surface area (Å²) in [5.74, 6) is -0.0206. The average Bonchev–Trinajstić information content (AvgIpc) is 2.94. The molecule has 1 amide bonds. The van der Waals surface area contributed by atoms with Gasteiger partial charge in [-0.1, -0.05) is 20.8 Å². The van der Waals surface area contributed by atoms with Crippen molar-refractivity contribution in [3.63, 3.8) is 0 Å². The molecule has 1 aromatic carbocycles. The lowest BCUT2D eigenvalue weighted by Gasteiger charge is -2.33. The number of sulfonamides is 1. The van der Waals surface area contributed by atoms with Crippen LogP contribution in [0.4, 0.5) is 0 Å². The lowest BCUT2D eigenvalue weighted by atomic mass is 9.97. The van der Waals surface area contributed by atoms with Crippen molar-refractivity contribution in [2.75, 3.05) is 13.1 Å². The largest absolute Gasteiger partial charge is 0.419 e. The third kappa shape index (κ3) is 4.72. The number of fused-ring (bicyclic) bond motifs is 1. The number of nitrogens with one attached hydrogen (secondary N) is 1. The Morgan fingerprint density at radius 2 is 1.93 bits per heavy atom. The first-order valence-corrected chi connectivity index (χ1v) is 11.5. The molecule has 0 aliphatic carbocycles. The maximum Gasteiger partial charge on any atom is 0.419 e. The van der Waals surface area contributed by atoms with E-state index in [1.54, 1.807) is 11.9 Å². The van der Waals surface area contributed by atoms with E-state index in [0.717, 1.165) is 12.8 Å². The van der Waals surface area contributed by atoms with E-state index in [0.29, 0.717) is 30.9 Å². The van der Waals surface area contributed by atoms with E-state index in [2.05, 4.69) is 11.6 Å². The molecule has 0 saturated carbocycles. The molecule has 1 saturated heterocycles. The van der Waals surface area contributed by atoms with Gasteiger partial charge >= 0.3 is 5.76 Å². The first-order chi connectivity index (χ1) is 13.6. The molecule has 1 N–H and O–H groups in total. The normalized spacial score (nSPS) is 17.2. The van der Waals surface area contributed by atoms with Crippen molar-refractivity contribution < 1.29 is 17.6 Å². The van der Waals surface area contributed by atoms with Crippen LogP contribution in [0.2, 0.25) is 0 Å². The van der Waals surface area contributed by atoms with Gasteiger partial charge in [-0.2, -0.15) is 4.72 Å². The lowest BCUT2D eigenvalue weighted by Crippen LogP contribution is -2.51. The topological polar surface area (TPSA) is 102 Å². The number of rotatable bonds is 6. The highest BCUT2D eigenvalue weighted by atomic mass is 32.2. The summed E-state index contributed by atoms with van der Waals surface area (Å²) in [4.78, 5) is 26.4. The zero-order valence-electron chi connectivity index (χ0n) is 17.3. The monoisotopic (exact) mass is 423 g/mol. The molecule has 2 heterocycles. The van der Waals surface area contributed by atoms with Crippen LogP contribution in [0.25, 0.3) is 11.1 Å². The molecule has 1 fully saturated rings. The molecule has 1 aromatic heterocycles. The van der Waals surface area contributed by atoms with E-state index in [4.69, 9.17) is 4.42 Å². The summed E-state index contributed by atoms with van der Waals surface area (Å²) < 4.78 is 35.0. The number of piperidine rings is 1. The molecule has 160 valence electrons. The Balaban J connectivity index is 1.85. The van der Waals surface area contributed by atoms with Crippen LogP contribution in [0.5, 0.6) is 0 Å². The highest BCUT2D eigenvalue weighted by Gasteiger charge is 2.31. The fourth-order valence-corrected chi connectivity index (χ4v) is 4.87. The Bertz CT molecular complexity index is 1050. The molecule has 0 bridgehead atoms. The van der Waals surface area contributed by atoms with Gasteiger partial charge in [0.1, 0.15) is 6.04 Å². The standard InChI is InChI=1S/C20H29N3O5S/c1-13(2)11-16(19(24)23-9-7-14(3)8-10-23)21-29(26,27)15-5-6-17-18(12-15)28-20(25)22(17)4/h5-6,12-14,16,21H,7-11H2,1-4H3/t16-/m0/s1. The highest BCUT2D eigenvalue weighted by Crippen LogP contribution is 2.21. The summed E-state index contributed by atoms with van der Waals surface area (Å²) >= 11 is 0. The maximum absolute atomic E-state index is 13.0. The van der Waals surface area contributed by atoms with Crippen LogP contribution in [-0.2, 0) is 21.9 Å². The quantitative estimate of drug-likeness (QED) is 0.767. The highest BCUT2D eigenvalue weighted by molar-refractivity contribution is 7.89. The molecule has 9 heteroatoms. The molecule has 0 unspecified atom stereocenters. The summed E-state index contributed by atoms with van der Waals surface area (Å²) in [7, 11) is -2.41. The second-order valence-corrected chi connectivity index (χ2v) is 10.1. The number of oxazole rings is 1. The molecule has 0 radical (unpaired) electrons. The number of carbonyl (C=O) groups excluding carboxylic acids is 1. The number of hydrogen-bond acceptors (Lipinski definition) is 5. The number of hydrogen-bond donors (Lipinski definition) is 1. The summed E-state index contributed by atoms with van der Waals surface area (Å²) in [5.41, 5.74) is 0.698. The number of amides is 1. The van der Waals surface area contributed by atoms with E-state index >= 15 is 0 Å². The average molecular weight is 424 g/mol. The third-order valence-electron chi connectivity index (χ3n) is 5.47. The number of likely N-dealkylation sites (tertiary alicyclic amines) is 1. The predicted octanol–water partition coefficient (Wildman–Crippen LogP) is 2.08. The van der Waals surface area contributed by atoms with E-state index in [-0.39, 0.29) is 22.3 Å². The van der Waals surface area contributed by atoms with Crippen LogP contribution in [0.3, 0.4) is 0 Å². The van der Waals surface area contributed by atoms with Crippen molar-refractivity contribution in [3.05, 3.63) is 28.7 Å². The van der Waals surface area contributed by atoms with Crippen molar-refractivity contribution in [3.8, 4) is 0 Å². The summed E-state index contributed by atoms with van der Waals surface area (Å²) in [6.45, 7) is 7.37. The van der Waals surface area contributed by atoms with Crippen LogP contribution < -0.4 is 10.5 Å². The molecule has 0 spiro atoms. The lowest BCUT2D eigenvalue weighted by molar-refractivity contribution is -0.134. The Morgan fingerprint density at radius 1 is 1.28 bits per heavy atom. The Morgan fingerprint density at radius 3 is 2.55 bits per heavy atom. The predicted molar refractivity (Wildman–Crippen MR) is 110 cm³/mol. The molecule has 3 rings (SSSR count). The fraction of sp³-hybridized carbons (Fsp3) is 0.600. The Labute approximate surface area is 170 Å². The molecule has 1 aliphatic heterocycles. The summed E-state index contributed by atoms with van der Waals surface area (Å²) in [6.07, 6.45) is 2.26. The molecular weight excluding hydrogens is 394 g/mol. The van der Waals surface area contributed by atoms with Gasteiger partial charge in [0, 0.05) is 26.2 Å². The number of nitrogens with zero attached hydrogens (tertiary/aromatic N) is 2. The Hall–Kier alpha value is -2.13. The summed E-state index contributed by atoms with van der Waals surface area (Å²) in [5, 5.41) is 0. The zero-order chi connectivity index (χ0) is 21.3. The number of benzene rings is 1. The molecule has 1 aliphatic rings. The number of carbonyl (C=O) groups is 1. The zero-order valence-corrected chi connectivity index (χ0v) is 18.2. The van der Waals surface area contributed by atoms with E-state index in [9.17, 15) is 18.0 Å². The van der Waals surface area contributed by atoms with Gasteiger partial charge in [-0.25, -0.2) is 13.2 Å². The van der Waals surface area contributed by atoms with Gasteiger partial charge in [-0.3, -0.25) is 9.36 Å². The van der Waals surface area contributed by atoms with Gasteiger partial charge in [-0.05, 0) is 43.2 Å². The minimum absolute atomic E-state index is 0.0341. The van der Waals surface area contributed by atoms with Crippen molar-refractivity contribution >= 4 is 27.0 Å². The third-order valence-corrected chi connectivity index (χ3v) is 6.94. The van der Waals surface area contributed by atoms with Crippen molar-refractivity contribution in [1.82, 2.24) is 14.2 Å². The minimum Gasteiger partial charge on any atom is -0.408 e. The molecule has 29 heavy (non-hydrogen) atoms. The minimum atomic E-state index is -3.96. The van der Waals surface area contributed by atoms with Crippen LogP contribution in [0.1, 0.15) is 40.0 Å². The second kappa shape index (κ2) is 8.31. The SMILES string of the molecule is CC(C)C[C@H](NS(=O)(=O)c1ccc2c(c1)oc(=O)n2C)C(=O)N1CCC(C)CC1. The van der Waals surface area contributed by atoms with Gasteiger partial charge in [0.25, 0.3) is 0 Å². The van der Waals surface area contributed by atoms with E-state index < -0.39 is 21.8 Å². The van der Waals surface area contributed by atoms with Crippen LogP contribution in [0.15, 0.2) is 32.3 Å². The molecular formula is C20H29N3O5S. The van der Waals surface area contributed by atoms with Crippen molar-refractivity contribution in [2.45, 2.75) is 51.0 Å². The molecule has 8 nitrogen and oxygen atoms in total. The Kier molecular flexibility index (Phi) is 6.19. The summed E-state index contributed by atoms with van der Waals surface area (Å²) in [6, 6.07) is 3.43. The van der Waals surface area contributed by atoms with Crippen molar-refractivity contribution in [1.29, 1.82) is 0 Å². The number of aryl methyl sites for hydroxylation is 1. The van der Waals surface area contributed by atoms with E-state index in [1.807, 2.05) is 13.8 Å². The van der Waals surface area contributed by atoms with Gasteiger partial charge in [-0.15, -0.1) is 0 Å². The molecule has 1 atom stereocenters. The first-order valence-electron chi connectivity index (χ1n) is 9.99. The maximum atomic E-state index is 13.0. The van der Waals surface area contributed by atoms with Gasteiger partial charge < -0.3 is 9.32 Å². The smallest absolute Gasteiger partial charge is 0.408 e. The second-order valence-electron chi connectivity index (χ2n) is 8.37.